The molecule has 4 aromatic rings. The number of amides is 1. The number of piperazine rings is 1. The first-order valence-electron chi connectivity index (χ1n) is 15.7. The molecule has 0 spiro atoms. The molecule has 248 valence electrons. The Balaban J connectivity index is 1.35. The molecule has 0 unspecified atom stereocenters. The lowest BCUT2D eigenvalue weighted by molar-refractivity contribution is -0.131. The summed E-state index contributed by atoms with van der Waals surface area (Å²) in [5.41, 5.74) is 0.0495. The molecule has 3 saturated heterocycles. The summed E-state index contributed by atoms with van der Waals surface area (Å²) < 4.78 is 51.6. The zero-order chi connectivity index (χ0) is 33.7. The molecule has 1 aromatic heterocycles. The zero-order valence-corrected chi connectivity index (χ0v) is 27.4. The highest BCUT2D eigenvalue weighted by Gasteiger charge is 2.49. The average molecular weight is 696 g/mol. The van der Waals surface area contributed by atoms with E-state index < -0.39 is 35.3 Å². The topological polar surface area (TPSA) is 66.2 Å². The lowest BCUT2D eigenvalue weighted by atomic mass is 9.95. The number of hydrogen-bond acceptors (Lipinski definition) is 6. The number of aromatic nitrogens is 2. The van der Waals surface area contributed by atoms with Crippen LogP contribution in [0, 0.1) is 12.4 Å². The van der Waals surface area contributed by atoms with Crippen LogP contribution in [0.3, 0.4) is 0 Å². The van der Waals surface area contributed by atoms with Gasteiger partial charge in [-0.25, -0.2) is 19.7 Å². The van der Waals surface area contributed by atoms with Gasteiger partial charge in [-0.1, -0.05) is 60.1 Å². The normalized spacial score (nSPS) is 22.7. The third kappa shape index (κ3) is 5.59. The van der Waals surface area contributed by atoms with Crippen molar-refractivity contribution in [3.8, 4) is 17.1 Å². The van der Waals surface area contributed by atoms with Crippen LogP contribution >= 0.6 is 23.2 Å². The van der Waals surface area contributed by atoms with Crippen molar-refractivity contribution in [3.05, 3.63) is 82.2 Å². The van der Waals surface area contributed by atoms with Crippen LogP contribution < -0.4 is 9.64 Å². The fourth-order valence-corrected chi connectivity index (χ4v) is 8.17. The summed E-state index contributed by atoms with van der Waals surface area (Å²) in [6, 6.07) is 11.7. The molecule has 3 atom stereocenters. The Morgan fingerprint density at radius 2 is 1.92 bits per heavy atom. The van der Waals surface area contributed by atoms with Crippen molar-refractivity contribution in [1.29, 1.82) is 0 Å². The van der Waals surface area contributed by atoms with Gasteiger partial charge in [0.15, 0.2) is 11.6 Å². The molecule has 3 aromatic carbocycles. The number of carbonyl (C=O) groups excluding carboxylic acids is 1. The average Bonchev–Trinajstić information content (AvgIpc) is 3.59. The second-order valence-electron chi connectivity index (χ2n) is 12.6. The van der Waals surface area contributed by atoms with Crippen molar-refractivity contribution in [1.82, 2.24) is 19.8 Å². The van der Waals surface area contributed by atoms with Gasteiger partial charge < -0.3 is 19.4 Å². The van der Waals surface area contributed by atoms with Gasteiger partial charge in [-0.3, -0.25) is 9.69 Å². The molecule has 4 heterocycles. The first-order chi connectivity index (χ1) is 23.1. The summed E-state index contributed by atoms with van der Waals surface area (Å²) in [5, 5.41) is 2.27. The van der Waals surface area contributed by atoms with Gasteiger partial charge in [-0.05, 0) is 42.5 Å². The number of carbonyl (C=O) groups is 1. The van der Waals surface area contributed by atoms with Crippen LogP contribution in [0.2, 0.25) is 10.0 Å². The highest BCUT2D eigenvalue weighted by molar-refractivity contribution is 6.38. The number of rotatable bonds is 7. The van der Waals surface area contributed by atoms with E-state index in [1.165, 1.54) is 4.90 Å². The van der Waals surface area contributed by atoms with Gasteiger partial charge in [0.2, 0.25) is 6.54 Å². The van der Waals surface area contributed by atoms with E-state index in [0.29, 0.717) is 34.3 Å². The van der Waals surface area contributed by atoms with Gasteiger partial charge in [-0.15, -0.1) is 0 Å². The van der Waals surface area contributed by atoms with E-state index in [1.807, 2.05) is 18.2 Å². The number of hydrogen-bond donors (Lipinski definition) is 0. The Kier molecular flexibility index (Phi) is 8.60. The quantitative estimate of drug-likeness (QED) is 0.150. The van der Waals surface area contributed by atoms with E-state index in [1.54, 1.807) is 29.2 Å². The van der Waals surface area contributed by atoms with Gasteiger partial charge in [0.1, 0.15) is 30.2 Å². The minimum atomic E-state index is -1.11. The molecule has 0 aliphatic carbocycles. The van der Waals surface area contributed by atoms with Gasteiger partial charge >= 0.3 is 6.01 Å². The van der Waals surface area contributed by atoms with Crippen LogP contribution in [0.25, 0.3) is 37.6 Å². The molecule has 3 fully saturated rings. The van der Waals surface area contributed by atoms with Crippen LogP contribution in [-0.4, -0.2) is 89.3 Å². The number of fused-ring (bicyclic) bond motifs is 3. The first kappa shape index (κ1) is 32.4. The molecule has 0 radical (unpaired) electrons. The third-order valence-corrected chi connectivity index (χ3v) is 10.4. The van der Waals surface area contributed by atoms with Crippen molar-refractivity contribution in [2.24, 2.45) is 0 Å². The number of ether oxygens (including phenoxy) is 1. The summed E-state index contributed by atoms with van der Waals surface area (Å²) in [6.07, 6.45) is 1.05. The van der Waals surface area contributed by atoms with Crippen LogP contribution in [0.1, 0.15) is 19.3 Å². The van der Waals surface area contributed by atoms with Gasteiger partial charge in [0.25, 0.3) is 5.91 Å². The maximum Gasteiger partial charge on any atom is 0.319 e. The second-order valence-corrected chi connectivity index (χ2v) is 13.4. The maximum absolute atomic E-state index is 17.0. The summed E-state index contributed by atoms with van der Waals surface area (Å²) in [5.74, 6) is -2.41. The van der Waals surface area contributed by atoms with E-state index in [4.69, 9.17) is 39.5 Å². The highest BCUT2D eigenvalue weighted by Crippen LogP contribution is 2.44. The SMILES string of the molecule is [C-]#[N+]C[C@H]1CN(c2nc(OC[C@@]34CCCN3C[C@H](F)C4)nc3c(F)c(-c4cccc5cccc(Cl)c45)c(Cl)cc23)CCN1C(=O)C(=C)F. The Morgan fingerprint density at radius 1 is 1.12 bits per heavy atom. The number of anilines is 1. The van der Waals surface area contributed by atoms with Crippen molar-refractivity contribution < 1.29 is 22.7 Å². The predicted octanol–water partition coefficient (Wildman–Crippen LogP) is 7.27. The number of nitrogens with zero attached hydrogens (tertiary/aromatic N) is 6. The van der Waals surface area contributed by atoms with Crippen molar-refractivity contribution in [3.63, 3.8) is 0 Å². The Labute approximate surface area is 285 Å². The molecule has 0 saturated carbocycles. The Bertz CT molecular complexity index is 2000. The molecule has 8 nitrogen and oxygen atoms in total. The molecule has 3 aliphatic heterocycles. The Hall–Kier alpha value is -4.11. The van der Waals surface area contributed by atoms with Crippen molar-refractivity contribution >= 4 is 56.6 Å². The smallest absolute Gasteiger partial charge is 0.319 e. The van der Waals surface area contributed by atoms with Gasteiger partial charge in [-0.2, -0.15) is 9.97 Å². The van der Waals surface area contributed by atoms with E-state index in [2.05, 4.69) is 21.3 Å². The van der Waals surface area contributed by atoms with E-state index >= 15 is 4.39 Å². The largest absolute Gasteiger partial charge is 0.461 e. The van der Waals surface area contributed by atoms with Gasteiger partial charge in [0.05, 0.1) is 10.6 Å². The van der Waals surface area contributed by atoms with Crippen LogP contribution in [0.5, 0.6) is 6.01 Å². The lowest BCUT2D eigenvalue weighted by Gasteiger charge is -2.39. The minimum absolute atomic E-state index is 0.0496. The molecule has 13 heteroatoms. The monoisotopic (exact) mass is 694 g/mol. The molecule has 3 aliphatic rings. The van der Waals surface area contributed by atoms with Crippen molar-refractivity contribution in [2.45, 2.75) is 37.0 Å². The van der Waals surface area contributed by atoms with Gasteiger partial charge in [0, 0.05) is 54.0 Å². The molecule has 0 N–H and O–H groups in total. The summed E-state index contributed by atoms with van der Waals surface area (Å²) in [6.45, 7) is 12.1. The molecule has 48 heavy (non-hydrogen) atoms. The summed E-state index contributed by atoms with van der Waals surface area (Å²) in [4.78, 5) is 30.5. The molecule has 7 rings (SSSR count). The lowest BCUT2D eigenvalue weighted by Crippen LogP contribution is -2.56. The number of alkyl halides is 1. The minimum Gasteiger partial charge on any atom is -0.461 e. The molecular formula is C35H31Cl2F3N6O2. The first-order valence-corrected chi connectivity index (χ1v) is 16.5. The summed E-state index contributed by atoms with van der Waals surface area (Å²) >= 11 is 13.5. The zero-order valence-electron chi connectivity index (χ0n) is 25.9. The van der Waals surface area contributed by atoms with E-state index in [9.17, 15) is 13.6 Å². The molecule has 0 bridgehead atoms. The molecule has 1 amide bonds. The number of benzene rings is 3. The van der Waals surface area contributed by atoms with E-state index in [0.717, 1.165) is 24.8 Å². The van der Waals surface area contributed by atoms with Crippen molar-refractivity contribution in [2.75, 3.05) is 50.8 Å². The second kappa shape index (κ2) is 12.7. The molecular weight excluding hydrogens is 664 g/mol. The van der Waals surface area contributed by atoms with Crippen LogP contribution in [0.15, 0.2) is 54.9 Å². The van der Waals surface area contributed by atoms with Crippen LogP contribution in [-0.2, 0) is 4.79 Å². The van der Waals surface area contributed by atoms with E-state index in [-0.39, 0.29) is 60.7 Å². The highest BCUT2D eigenvalue weighted by atomic mass is 35.5. The number of halogens is 5. The summed E-state index contributed by atoms with van der Waals surface area (Å²) in [7, 11) is 0. The van der Waals surface area contributed by atoms with Crippen LogP contribution in [0.4, 0.5) is 19.0 Å². The standard InChI is InChI=1S/C35H31Cl2F3N6O2/c1-20(38)33(47)46-13-12-44(18-23(46)16-41-2)32-25-14-27(37)29(24-8-3-6-21-7-4-9-26(36)28(21)24)30(40)31(25)42-34(43-32)48-19-35-10-5-11-45(35)17-22(39)15-35/h3-4,6-9,14,22-23H,1,5,10-13,15-19H2/t22-,23+,35+/m1/s1. The maximum atomic E-state index is 17.0. The fraction of sp³-hybridized carbons (Fsp3) is 0.371. The Morgan fingerprint density at radius 3 is 2.69 bits per heavy atom. The predicted molar refractivity (Wildman–Crippen MR) is 180 cm³/mol. The third-order valence-electron chi connectivity index (χ3n) is 9.77. The fourth-order valence-electron chi connectivity index (χ4n) is 7.60.